The molecule has 0 unspecified atom stereocenters. The van der Waals surface area contributed by atoms with E-state index >= 15 is 0 Å². The van der Waals surface area contributed by atoms with Crippen LogP contribution in [-0.2, 0) is 21.0 Å². The van der Waals surface area contributed by atoms with Gasteiger partial charge in [-0.1, -0.05) is 39.0 Å². The van der Waals surface area contributed by atoms with E-state index in [1.807, 2.05) is 12.1 Å². The van der Waals surface area contributed by atoms with Crippen LogP contribution >= 0.6 is 0 Å². The van der Waals surface area contributed by atoms with E-state index in [2.05, 4.69) is 25.8 Å². The zero-order chi connectivity index (χ0) is 21.0. The minimum atomic E-state index is -3.69. The molecule has 0 saturated carbocycles. The molecule has 4 rings (SSSR count). The molecule has 29 heavy (non-hydrogen) atoms. The van der Waals surface area contributed by atoms with Crippen LogP contribution in [0.4, 0.5) is 4.39 Å². The number of nitrogens with zero attached hydrogens (tertiary/aromatic N) is 2. The van der Waals surface area contributed by atoms with Crippen LogP contribution in [0.1, 0.15) is 57.6 Å². The topological polar surface area (TPSA) is 70.5 Å². The highest BCUT2D eigenvalue weighted by Gasteiger charge is 2.53. The summed E-state index contributed by atoms with van der Waals surface area (Å²) >= 11 is 0. The SMILES string of the molecule is CC(C)(C)c1ccc(S(=O)(=O)N2[C@@H]3CC[C@@H]2CC(O)(c2cccnc2F)C3)cc1. The highest BCUT2D eigenvalue weighted by Crippen LogP contribution is 2.48. The molecule has 1 aromatic carbocycles. The number of sulfonamides is 1. The van der Waals surface area contributed by atoms with Crippen molar-refractivity contribution in [3.05, 3.63) is 59.7 Å². The zero-order valence-electron chi connectivity index (χ0n) is 17.0. The highest BCUT2D eigenvalue weighted by atomic mass is 32.2. The van der Waals surface area contributed by atoms with Gasteiger partial charge in [0.2, 0.25) is 16.0 Å². The summed E-state index contributed by atoms with van der Waals surface area (Å²) in [6.45, 7) is 6.25. The molecular weight excluding hydrogens is 391 g/mol. The lowest BCUT2D eigenvalue weighted by molar-refractivity contribution is -0.0370. The van der Waals surface area contributed by atoms with Crippen LogP contribution in [-0.4, -0.2) is 34.9 Å². The van der Waals surface area contributed by atoms with Crippen LogP contribution in [0.5, 0.6) is 0 Å². The lowest BCUT2D eigenvalue weighted by atomic mass is 9.82. The Hall–Kier alpha value is -1.83. The Morgan fingerprint density at radius 3 is 2.21 bits per heavy atom. The number of aromatic nitrogens is 1. The normalized spacial score (nSPS) is 27.9. The first-order valence-corrected chi connectivity index (χ1v) is 11.4. The summed E-state index contributed by atoms with van der Waals surface area (Å²) < 4.78 is 42.5. The van der Waals surface area contributed by atoms with Gasteiger partial charge >= 0.3 is 0 Å². The first-order chi connectivity index (χ1) is 13.5. The first-order valence-electron chi connectivity index (χ1n) is 10.00. The van der Waals surface area contributed by atoms with E-state index in [0.717, 1.165) is 5.56 Å². The molecule has 0 radical (unpaired) electrons. The molecule has 5 nitrogen and oxygen atoms in total. The highest BCUT2D eigenvalue weighted by molar-refractivity contribution is 7.89. The maximum atomic E-state index is 14.2. The van der Waals surface area contributed by atoms with Gasteiger partial charge in [0.15, 0.2) is 0 Å². The van der Waals surface area contributed by atoms with E-state index in [1.54, 1.807) is 22.5 Å². The third-order valence-corrected chi connectivity index (χ3v) is 8.27. The summed E-state index contributed by atoms with van der Waals surface area (Å²) in [7, 11) is -3.69. The molecule has 0 aliphatic carbocycles. The molecule has 2 saturated heterocycles. The molecule has 7 heteroatoms. The van der Waals surface area contributed by atoms with Crippen molar-refractivity contribution in [2.75, 3.05) is 0 Å². The summed E-state index contributed by atoms with van der Waals surface area (Å²) in [5, 5.41) is 11.2. The van der Waals surface area contributed by atoms with Crippen LogP contribution < -0.4 is 0 Å². The molecule has 156 valence electrons. The first kappa shape index (κ1) is 20.4. The number of hydrogen-bond acceptors (Lipinski definition) is 4. The van der Waals surface area contributed by atoms with Crippen LogP contribution in [0.25, 0.3) is 0 Å². The van der Waals surface area contributed by atoms with E-state index in [1.165, 1.54) is 12.3 Å². The molecule has 0 spiro atoms. The Bertz CT molecular complexity index is 1000. The van der Waals surface area contributed by atoms with E-state index in [9.17, 15) is 17.9 Å². The molecule has 2 fully saturated rings. The molecule has 3 heterocycles. The van der Waals surface area contributed by atoms with Crippen LogP contribution in [0, 0.1) is 5.95 Å². The predicted molar refractivity (Wildman–Crippen MR) is 108 cm³/mol. The summed E-state index contributed by atoms with van der Waals surface area (Å²) in [6, 6.07) is 9.47. The van der Waals surface area contributed by atoms with Gasteiger partial charge in [-0.3, -0.25) is 0 Å². The number of rotatable bonds is 3. The quantitative estimate of drug-likeness (QED) is 0.772. The monoisotopic (exact) mass is 418 g/mol. The lowest BCUT2D eigenvalue weighted by Gasteiger charge is -2.43. The Morgan fingerprint density at radius 2 is 1.69 bits per heavy atom. The van der Waals surface area contributed by atoms with Gasteiger partial charge in [0.05, 0.1) is 10.5 Å². The average molecular weight is 419 g/mol. The standard InChI is InChI=1S/C22H27FN2O3S/c1-21(2,3)15-6-10-18(11-7-15)29(27,28)25-16-8-9-17(25)14-22(26,13-16)19-5-4-12-24-20(19)23/h4-7,10-12,16-17,26H,8-9,13-14H2,1-3H3/t16-,17-/m1/s1. The van der Waals surface area contributed by atoms with Gasteiger partial charge in [-0.15, -0.1) is 0 Å². The Kier molecular flexibility index (Phi) is 4.83. The van der Waals surface area contributed by atoms with Crippen molar-refractivity contribution in [2.45, 2.75) is 74.4 Å². The number of hydrogen-bond donors (Lipinski definition) is 1. The van der Waals surface area contributed by atoms with Gasteiger partial charge in [0.25, 0.3) is 0 Å². The summed E-state index contributed by atoms with van der Waals surface area (Å²) in [5.41, 5.74) is -0.230. The molecule has 2 bridgehead atoms. The number of piperidine rings is 1. The van der Waals surface area contributed by atoms with Gasteiger partial charge in [-0.05, 0) is 54.9 Å². The van der Waals surface area contributed by atoms with Gasteiger partial charge in [0.1, 0.15) is 0 Å². The molecule has 2 aromatic rings. The molecule has 2 aliphatic heterocycles. The predicted octanol–water partition coefficient (Wildman–Crippen LogP) is 3.72. The Morgan fingerprint density at radius 1 is 1.10 bits per heavy atom. The number of benzene rings is 1. The van der Waals surface area contributed by atoms with Crippen molar-refractivity contribution in [3.8, 4) is 0 Å². The molecule has 1 aromatic heterocycles. The van der Waals surface area contributed by atoms with Gasteiger partial charge in [-0.2, -0.15) is 8.70 Å². The smallest absolute Gasteiger partial charge is 0.243 e. The fourth-order valence-corrected chi connectivity index (χ4v) is 6.65. The van der Waals surface area contributed by atoms with Crippen molar-refractivity contribution in [3.63, 3.8) is 0 Å². The summed E-state index contributed by atoms with van der Waals surface area (Å²) in [4.78, 5) is 3.92. The van der Waals surface area contributed by atoms with Crippen molar-refractivity contribution in [1.29, 1.82) is 0 Å². The van der Waals surface area contributed by atoms with Gasteiger partial charge < -0.3 is 5.11 Å². The average Bonchev–Trinajstić information content (AvgIpc) is 2.95. The third-order valence-electron chi connectivity index (χ3n) is 6.26. The molecule has 1 N–H and O–H groups in total. The number of aliphatic hydroxyl groups is 1. The summed E-state index contributed by atoms with van der Waals surface area (Å²) in [5.74, 6) is -0.691. The van der Waals surface area contributed by atoms with E-state index in [4.69, 9.17) is 0 Å². The molecular formula is C22H27FN2O3S. The number of halogens is 1. The van der Waals surface area contributed by atoms with E-state index in [-0.39, 0.29) is 40.8 Å². The number of fused-ring (bicyclic) bond motifs is 2. The van der Waals surface area contributed by atoms with Crippen molar-refractivity contribution in [1.82, 2.24) is 9.29 Å². The Labute approximate surface area is 171 Å². The second kappa shape index (κ2) is 6.86. The number of pyridine rings is 1. The van der Waals surface area contributed by atoms with Crippen LogP contribution in [0.15, 0.2) is 47.5 Å². The van der Waals surface area contributed by atoms with E-state index < -0.39 is 21.6 Å². The molecule has 0 amide bonds. The minimum Gasteiger partial charge on any atom is -0.385 e. The van der Waals surface area contributed by atoms with Crippen molar-refractivity contribution >= 4 is 10.0 Å². The van der Waals surface area contributed by atoms with E-state index in [0.29, 0.717) is 12.8 Å². The second-order valence-corrected chi connectivity index (χ2v) is 11.1. The van der Waals surface area contributed by atoms with Gasteiger partial charge in [0, 0.05) is 23.8 Å². The summed E-state index contributed by atoms with van der Waals surface area (Å²) in [6.07, 6.45) is 3.01. The Balaban J connectivity index is 1.64. The minimum absolute atomic E-state index is 0.0588. The van der Waals surface area contributed by atoms with Crippen LogP contribution in [0.2, 0.25) is 0 Å². The van der Waals surface area contributed by atoms with Crippen molar-refractivity contribution in [2.24, 2.45) is 0 Å². The molecule has 2 atom stereocenters. The fraction of sp³-hybridized carbons (Fsp3) is 0.500. The maximum Gasteiger partial charge on any atom is 0.243 e. The van der Waals surface area contributed by atoms with Crippen molar-refractivity contribution < 1.29 is 17.9 Å². The van der Waals surface area contributed by atoms with Gasteiger partial charge in [-0.25, -0.2) is 13.4 Å². The maximum absolute atomic E-state index is 14.2. The fourth-order valence-electron chi connectivity index (χ4n) is 4.78. The van der Waals surface area contributed by atoms with Crippen LogP contribution in [0.3, 0.4) is 0 Å². The second-order valence-electron chi connectivity index (χ2n) is 9.28. The third kappa shape index (κ3) is 3.49. The molecule has 2 aliphatic rings. The lowest BCUT2D eigenvalue weighted by Crippen LogP contribution is -2.52. The largest absolute Gasteiger partial charge is 0.385 e. The zero-order valence-corrected chi connectivity index (χ0v) is 17.8.